The summed E-state index contributed by atoms with van der Waals surface area (Å²) in [4.78, 5) is 2.42. The molecule has 0 amide bonds. The van der Waals surface area contributed by atoms with Gasteiger partial charge in [0.05, 0.1) is 7.11 Å². The predicted molar refractivity (Wildman–Crippen MR) is 56.1 cm³/mol. The lowest BCUT2D eigenvalue weighted by atomic mass is 10.3. The highest BCUT2D eigenvalue weighted by atomic mass is 16.5. The second-order valence-electron chi connectivity index (χ2n) is 3.68. The highest BCUT2D eigenvalue weighted by Gasteiger charge is 2.11. The number of nitrogens with one attached hydrogen (secondary N) is 1. The highest BCUT2D eigenvalue weighted by Crippen LogP contribution is 2.11. The smallest absolute Gasteiger partial charge is 0.254 e. The van der Waals surface area contributed by atoms with Crippen LogP contribution in [0.2, 0.25) is 0 Å². The second-order valence-corrected chi connectivity index (χ2v) is 3.68. The molecule has 2 heterocycles. The SMILES string of the molecule is COc1cc(CCN2CCNCC2)on1. The molecule has 2 rings (SSSR count). The Bertz CT molecular complexity index is 295. The fraction of sp³-hybridized carbons (Fsp3) is 0.700. The molecule has 1 aromatic rings. The molecule has 0 bridgehead atoms. The zero-order valence-electron chi connectivity index (χ0n) is 9.03. The first-order valence-electron chi connectivity index (χ1n) is 5.31. The number of nitrogens with zero attached hydrogens (tertiary/aromatic N) is 2. The maximum Gasteiger partial charge on any atom is 0.254 e. The molecule has 0 atom stereocenters. The van der Waals surface area contributed by atoms with E-state index in [4.69, 9.17) is 9.26 Å². The van der Waals surface area contributed by atoms with Crippen molar-refractivity contribution in [3.05, 3.63) is 11.8 Å². The number of ether oxygens (including phenoxy) is 1. The van der Waals surface area contributed by atoms with Crippen LogP contribution in [-0.2, 0) is 6.42 Å². The standard InChI is InChI=1S/C10H17N3O2/c1-14-10-8-9(15-12-10)2-5-13-6-3-11-4-7-13/h8,11H,2-7H2,1H3. The van der Waals surface area contributed by atoms with Crippen LogP contribution in [0.25, 0.3) is 0 Å². The molecule has 84 valence electrons. The Hall–Kier alpha value is -1.07. The molecule has 0 aliphatic carbocycles. The summed E-state index contributed by atoms with van der Waals surface area (Å²) in [7, 11) is 1.60. The Morgan fingerprint density at radius 1 is 1.53 bits per heavy atom. The van der Waals surface area contributed by atoms with Gasteiger partial charge >= 0.3 is 0 Å². The van der Waals surface area contributed by atoms with Crippen molar-refractivity contribution in [2.45, 2.75) is 6.42 Å². The van der Waals surface area contributed by atoms with E-state index in [0.717, 1.165) is 44.9 Å². The number of hydrogen-bond donors (Lipinski definition) is 1. The Kier molecular flexibility index (Phi) is 3.58. The summed E-state index contributed by atoms with van der Waals surface area (Å²) in [5.41, 5.74) is 0. The number of methoxy groups -OCH3 is 1. The highest BCUT2D eigenvalue weighted by molar-refractivity contribution is 5.10. The largest absolute Gasteiger partial charge is 0.479 e. The second kappa shape index (κ2) is 5.14. The molecule has 5 heteroatoms. The Labute approximate surface area is 89.4 Å². The number of aromatic nitrogens is 1. The topological polar surface area (TPSA) is 50.5 Å². The van der Waals surface area contributed by atoms with Gasteiger partial charge in [0.2, 0.25) is 0 Å². The first kappa shape index (κ1) is 10.4. The van der Waals surface area contributed by atoms with Crippen LogP contribution in [0.3, 0.4) is 0 Å². The van der Waals surface area contributed by atoms with Gasteiger partial charge in [-0.05, 0) is 5.16 Å². The van der Waals surface area contributed by atoms with Gasteiger partial charge in [-0.25, -0.2) is 0 Å². The van der Waals surface area contributed by atoms with E-state index in [-0.39, 0.29) is 0 Å². The molecule has 15 heavy (non-hydrogen) atoms. The molecule has 1 fully saturated rings. The first-order chi connectivity index (χ1) is 7.38. The summed E-state index contributed by atoms with van der Waals surface area (Å²) in [6.45, 7) is 5.43. The van der Waals surface area contributed by atoms with Crippen molar-refractivity contribution in [2.24, 2.45) is 0 Å². The van der Waals surface area contributed by atoms with E-state index in [1.807, 2.05) is 6.07 Å². The van der Waals surface area contributed by atoms with Crippen LogP contribution >= 0.6 is 0 Å². The van der Waals surface area contributed by atoms with Crippen LogP contribution in [0.15, 0.2) is 10.6 Å². The zero-order chi connectivity index (χ0) is 10.5. The minimum atomic E-state index is 0.560. The molecular weight excluding hydrogens is 194 g/mol. The van der Waals surface area contributed by atoms with Crippen molar-refractivity contribution >= 4 is 0 Å². The van der Waals surface area contributed by atoms with Crippen molar-refractivity contribution < 1.29 is 9.26 Å². The Morgan fingerprint density at radius 3 is 3.00 bits per heavy atom. The average molecular weight is 211 g/mol. The molecule has 1 aliphatic heterocycles. The van der Waals surface area contributed by atoms with E-state index >= 15 is 0 Å². The molecule has 1 saturated heterocycles. The van der Waals surface area contributed by atoms with Gasteiger partial charge in [-0.2, -0.15) is 0 Å². The van der Waals surface area contributed by atoms with Gasteiger partial charge in [-0.3, -0.25) is 0 Å². The summed E-state index contributed by atoms with van der Waals surface area (Å²) in [5, 5.41) is 7.10. The summed E-state index contributed by atoms with van der Waals surface area (Å²) in [5.74, 6) is 1.45. The Morgan fingerprint density at radius 2 is 2.33 bits per heavy atom. The van der Waals surface area contributed by atoms with Crippen LogP contribution < -0.4 is 10.1 Å². The van der Waals surface area contributed by atoms with Crippen LogP contribution in [0.5, 0.6) is 5.88 Å². The van der Waals surface area contributed by atoms with E-state index in [9.17, 15) is 0 Å². The van der Waals surface area contributed by atoms with Gasteiger partial charge in [-0.1, -0.05) is 0 Å². The van der Waals surface area contributed by atoms with Gasteiger partial charge in [0.25, 0.3) is 5.88 Å². The molecule has 5 nitrogen and oxygen atoms in total. The molecule has 1 N–H and O–H groups in total. The normalized spacial score (nSPS) is 17.9. The molecule has 1 aliphatic rings. The van der Waals surface area contributed by atoms with Gasteiger partial charge in [-0.15, -0.1) is 0 Å². The zero-order valence-corrected chi connectivity index (χ0v) is 9.03. The molecule has 0 unspecified atom stereocenters. The first-order valence-corrected chi connectivity index (χ1v) is 5.31. The fourth-order valence-electron chi connectivity index (χ4n) is 1.71. The quantitative estimate of drug-likeness (QED) is 0.767. The molecular formula is C10H17N3O2. The van der Waals surface area contributed by atoms with Crippen LogP contribution in [0.4, 0.5) is 0 Å². The van der Waals surface area contributed by atoms with Crippen molar-refractivity contribution in [3.63, 3.8) is 0 Å². The van der Waals surface area contributed by atoms with Gasteiger partial charge in [0.15, 0.2) is 0 Å². The van der Waals surface area contributed by atoms with Gasteiger partial charge < -0.3 is 19.5 Å². The minimum Gasteiger partial charge on any atom is -0.479 e. The maximum atomic E-state index is 5.13. The third-order valence-electron chi connectivity index (χ3n) is 2.63. The van der Waals surface area contributed by atoms with E-state index in [1.165, 1.54) is 0 Å². The molecule has 0 saturated carbocycles. The summed E-state index contributed by atoms with van der Waals surface area (Å²) < 4.78 is 10.1. The monoisotopic (exact) mass is 211 g/mol. The molecule has 0 aromatic carbocycles. The number of rotatable bonds is 4. The van der Waals surface area contributed by atoms with E-state index in [0.29, 0.717) is 5.88 Å². The minimum absolute atomic E-state index is 0.560. The third kappa shape index (κ3) is 2.94. The van der Waals surface area contributed by atoms with Crippen molar-refractivity contribution in [3.8, 4) is 5.88 Å². The fourth-order valence-corrected chi connectivity index (χ4v) is 1.71. The van der Waals surface area contributed by atoms with Crippen LogP contribution in [0, 0.1) is 0 Å². The average Bonchev–Trinajstić information content (AvgIpc) is 2.76. The van der Waals surface area contributed by atoms with Crippen molar-refractivity contribution in [1.29, 1.82) is 0 Å². The Balaban J connectivity index is 1.76. The van der Waals surface area contributed by atoms with Gasteiger partial charge in [0, 0.05) is 45.2 Å². The molecule has 1 aromatic heterocycles. The lowest BCUT2D eigenvalue weighted by Gasteiger charge is -2.26. The van der Waals surface area contributed by atoms with Crippen LogP contribution in [-0.4, -0.2) is 49.9 Å². The van der Waals surface area contributed by atoms with E-state index in [1.54, 1.807) is 7.11 Å². The summed E-state index contributed by atoms with van der Waals surface area (Å²) in [6.07, 6.45) is 0.899. The van der Waals surface area contributed by atoms with E-state index < -0.39 is 0 Å². The van der Waals surface area contributed by atoms with Crippen LogP contribution in [0.1, 0.15) is 5.76 Å². The number of piperazine rings is 1. The van der Waals surface area contributed by atoms with Crippen molar-refractivity contribution in [1.82, 2.24) is 15.4 Å². The number of hydrogen-bond acceptors (Lipinski definition) is 5. The molecule has 0 spiro atoms. The van der Waals surface area contributed by atoms with Crippen molar-refractivity contribution in [2.75, 3.05) is 39.8 Å². The predicted octanol–water partition coefficient (Wildman–Crippen LogP) is 0.131. The van der Waals surface area contributed by atoms with E-state index in [2.05, 4.69) is 15.4 Å². The van der Waals surface area contributed by atoms with Gasteiger partial charge in [0.1, 0.15) is 5.76 Å². The summed E-state index contributed by atoms with van der Waals surface area (Å²) in [6, 6.07) is 1.85. The summed E-state index contributed by atoms with van der Waals surface area (Å²) >= 11 is 0. The molecule has 0 radical (unpaired) electrons. The lowest BCUT2D eigenvalue weighted by molar-refractivity contribution is 0.235. The third-order valence-corrected chi connectivity index (χ3v) is 2.63. The maximum absolute atomic E-state index is 5.13. The lowest BCUT2D eigenvalue weighted by Crippen LogP contribution is -2.44.